The highest BCUT2D eigenvalue weighted by Crippen LogP contribution is 2.29. The van der Waals surface area contributed by atoms with Gasteiger partial charge in [-0.15, -0.1) is 0 Å². The number of nitrogens with one attached hydrogen (secondary N) is 1. The Hall–Kier alpha value is -0.810. The number of aliphatic hydroxyl groups excluding tert-OH is 1. The lowest BCUT2D eigenvalue weighted by Crippen LogP contribution is -2.39. The third-order valence-electron chi connectivity index (χ3n) is 2.69. The van der Waals surface area contributed by atoms with Gasteiger partial charge in [0.15, 0.2) is 0 Å². The Bertz CT molecular complexity index is 439. The Labute approximate surface area is 123 Å². The number of benzene rings is 1. The molecule has 0 aromatic heterocycles. The first kappa shape index (κ1) is 16.2. The SMILES string of the molecule is CC(C)N(CCO)CC(=O)Nc1cccc(Cl)c1Cl. The number of anilines is 1. The molecule has 0 aliphatic carbocycles. The number of rotatable bonds is 6. The van der Waals surface area contributed by atoms with E-state index in [1.807, 2.05) is 18.7 Å². The molecule has 0 bridgehead atoms. The zero-order valence-corrected chi connectivity index (χ0v) is 12.5. The maximum atomic E-state index is 11.9. The van der Waals surface area contributed by atoms with Crippen molar-refractivity contribution in [3.05, 3.63) is 28.2 Å². The Morgan fingerprint density at radius 2 is 2.11 bits per heavy atom. The molecule has 0 radical (unpaired) electrons. The van der Waals surface area contributed by atoms with Crippen molar-refractivity contribution in [3.8, 4) is 0 Å². The van der Waals surface area contributed by atoms with Crippen molar-refractivity contribution in [1.29, 1.82) is 0 Å². The lowest BCUT2D eigenvalue weighted by Gasteiger charge is -2.24. The number of hydrogen-bond acceptors (Lipinski definition) is 3. The molecule has 1 rings (SSSR count). The van der Waals surface area contributed by atoms with Crippen molar-refractivity contribution >= 4 is 34.8 Å². The van der Waals surface area contributed by atoms with Crippen LogP contribution >= 0.6 is 23.2 Å². The lowest BCUT2D eigenvalue weighted by molar-refractivity contribution is -0.117. The number of nitrogens with zero attached hydrogens (tertiary/aromatic N) is 1. The second kappa shape index (κ2) is 7.70. The largest absolute Gasteiger partial charge is 0.395 e. The molecule has 106 valence electrons. The van der Waals surface area contributed by atoms with Gasteiger partial charge in [0.2, 0.25) is 5.91 Å². The molecule has 4 nitrogen and oxygen atoms in total. The Kier molecular flexibility index (Phi) is 6.58. The molecular formula is C13H18Cl2N2O2. The predicted molar refractivity (Wildman–Crippen MR) is 78.9 cm³/mol. The standard InChI is InChI=1S/C13H18Cl2N2O2/c1-9(2)17(6-7-18)8-12(19)16-11-5-3-4-10(14)13(11)15/h3-5,9,18H,6-8H2,1-2H3,(H,16,19). The molecular weight excluding hydrogens is 287 g/mol. The normalized spacial score (nSPS) is 11.1. The smallest absolute Gasteiger partial charge is 0.238 e. The summed E-state index contributed by atoms with van der Waals surface area (Å²) in [5.41, 5.74) is 0.492. The molecule has 0 spiro atoms. The van der Waals surface area contributed by atoms with Gasteiger partial charge in [-0.2, -0.15) is 0 Å². The molecule has 0 heterocycles. The van der Waals surface area contributed by atoms with E-state index in [4.69, 9.17) is 28.3 Å². The number of aliphatic hydroxyl groups is 1. The zero-order chi connectivity index (χ0) is 14.4. The minimum absolute atomic E-state index is 0.0172. The quantitative estimate of drug-likeness (QED) is 0.849. The molecule has 0 aliphatic heterocycles. The average molecular weight is 305 g/mol. The first-order valence-corrected chi connectivity index (χ1v) is 6.80. The van der Waals surface area contributed by atoms with Gasteiger partial charge in [0, 0.05) is 12.6 Å². The van der Waals surface area contributed by atoms with E-state index < -0.39 is 0 Å². The van der Waals surface area contributed by atoms with E-state index in [2.05, 4.69) is 5.32 Å². The molecule has 0 saturated heterocycles. The summed E-state index contributed by atoms with van der Waals surface area (Å²) in [6.07, 6.45) is 0. The van der Waals surface area contributed by atoms with E-state index in [1.165, 1.54) is 0 Å². The van der Waals surface area contributed by atoms with E-state index in [9.17, 15) is 4.79 Å². The van der Waals surface area contributed by atoms with Crippen LogP contribution in [0.25, 0.3) is 0 Å². The van der Waals surface area contributed by atoms with Gasteiger partial charge in [0.05, 0.1) is 28.9 Å². The first-order chi connectivity index (χ1) is 8.95. The third kappa shape index (κ3) is 4.99. The minimum Gasteiger partial charge on any atom is -0.395 e. The molecule has 0 unspecified atom stereocenters. The van der Waals surface area contributed by atoms with E-state index in [0.29, 0.717) is 22.3 Å². The van der Waals surface area contributed by atoms with Crippen LogP contribution in [0.15, 0.2) is 18.2 Å². The molecule has 0 aliphatic rings. The van der Waals surface area contributed by atoms with Gasteiger partial charge in [-0.25, -0.2) is 0 Å². The molecule has 0 saturated carbocycles. The van der Waals surface area contributed by atoms with Gasteiger partial charge >= 0.3 is 0 Å². The zero-order valence-electron chi connectivity index (χ0n) is 11.0. The predicted octanol–water partition coefficient (Wildman–Crippen LogP) is 2.63. The van der Waals surface area contributed by atoms with E-state index >= 15 is 0 Å². The van der Waals surface area contributed by atoms with Crippen LogP contribution in [0.5, 0.6) is 0 Å². The number of carbonyl (C=O) groups excluding carboxylic acids is 1. The van der Waals surface area contributed by atoms with Gasteiger partial charge in [-0.05, 0) is 26.0 Å². The summed E-state index contributed by atoms with van der Waals surface area (Å²) < 4.78 is 0. The monoisotopic (exact) mass is 304 g/mol. The summed E-state index contributed by atoms with van der Waals surface area (Å²) in [5.74, 6) is -0.189. The van der Waals surface area contributed by atoms with Gasteiger partial charge < -0.3 is 10.4 Å². The highest BCUT2D eigenvalue weighted by molar-refractivity contribution is 6.43. The maximum absolute atomic E-state index is 11.9. The van der Waals surface area contributed by atoms with Crippen LogP contribution in [0.4, 0.5) is 5.69 Å². The molecule has 1 amide bonds. The molecule has 0 fully saturated rings. The molecule has 19 heavy (non-hydrogen) atoms. The van der Waals surface area contributed by atoms with Gasteiger partial charge in [-0.1, -0.05) is 29.3 Å². The van der Waals surface area contributed by atoms with Crippen LogP contribution in [0.3, 0.4) is 0 Å². The van der Waals surface area contributed by atoms with Gasteiger partial charge in [-0.3, -0.25) is 9.69 Å². The highest BCUT2D eigenvalue weighted by Gasteiger charge is 2.14. The molecule has 1 aromatic rings. The lowest BCUT2D eigenvalue weighted by atomic mass is 10.3. The topological polar surface area (TPSA) is 52.6 Å². The van der Waals surface area contributed by atoms with Crippen LogP contribution < -0.4 is 5.32 Å². The summed E-state index contributed by atoms with van der Waals surface area (Å²) >= 11 is 11.9. The number of halogens is 2. The van der Waals surface area contributed by atoms with Crippen LogP contribution in [0.2, 0.25) is 10.0 Å². The van der Waals surface area contributed by atoms with Crippen molar-refractivity contribution in [2.75, 3.05) is 25.0 Å². The van der Waals surface area contributed by atoms with E-state index in [0.717, 1.165) is 0 Å². The van der Waals surface area contributed by atoms with Crippen molar-refractivity contribution in [1.82, 2.24) is 4.90 Å². The van der Waals surface area contributed by atoms with Crippen molar-refractivity contribution in [3.63, 3.8) is 0 Å². The summed E-state index contributed by atoms with van der Waals surface area (Å²) in [6, 6.07) is 5.24. The third-order valence-corrected chi connectivity index (χ3v) is 3.51. The minimum atomic E-state index is -0.189. The first-order valence-electron chi connectivity index (χ1n) is 6.04. The van der Waals surface area contributed by atoms with E-state index in [-0.39, 0.29) is 25.1 Å². The highest BCUT2D eigenvalue weighted by atomic mass is 35.5. The summed E-state index contributed by atoms with van der Waals surface area (Å²) in [7, 11) is 0. The van der Waals surface area contributed by atoms with Crippen LogP contribution in [-0.4, -0.2) is 41.7 Å². The van der Waals surface area contributed by atoms with Crippen LogP contribution in [0, 0.1) is 0 Å². The molecule has 0 atom stereocenters. The molecule has 1 aromatic carbocycles. The fourth-order valence-corrected chi connectivity index (χ4v) is 1.97. The number of hydrogen-bond donors (Lipinski definition) is 2. The molecule has 6 heteroatoms. The number of amides is 1. The fourth-order valence-electron chi connectivity index (χ4n) is 1.62. The van der Waals surface area contributed by atoms with E-state index in [1.54, 1.807) is 18.2 Å². The van der Waals surface area contributed by atoms with Crippen LogP contribution in [0.1, 0.15) is 13.8 Å². The maximum Gasteiger partial charge on any atom is 0.238 e. The average Bonchev–Trinajstić information content (AvgIpc) is 2.34. The summed E-state index contributed by atoms with van der Waals surface area (Å²) in [4.78, 5) is 13.8. The second-order valence-corrected chi connectivity index (χ2v) is 5.22. The van der Waals surface area contributed by atoms with Gasteiger partial charge in [0.1, 0.15) is 0 Å². The van der Waals surface area contributed by atoms with Crippen molar-refractivity contribution in [2.45, 2.75) is 19.9 Å². The van der Waals surface area contributed by atoms with Crippen molar-refractivity contribution < 1.29 is 9.90 Å². The Morgan fingerprint density at radius 1 is 1.42 bits per heavy atom. The van der Waals surface area contributed by atoms with Crippen molar-refractivity contribution in [2.24, 2.45) is 0 Å². The van der Waals surface area contributed by atoms with Crippen LogP contribution in [-0.2, 0) is 4.79 Å². The Balaban J connectivity index is 2.66. The van der Waals surface area contributed by atoms with Gasteiger partial charge in [0.25, 0.3) is 0 Å². The number of carbonyl (C=O) groups is 1. The Morgan fingerprint density at radius 3 is 2.68 bits per heavy atom. The molecule has 2 N–H and O–H groups in total. The summed E-state index contributed by atoms with van der Waals surface area (Å²) in [5, 5.41) is 12.4. The second-order valence-electron chi connectivity index (χ2n) is 4.44. The summed E-state index contributed by atoms with van der Waals surface area (Å²) in [6.45, 7) is 4.60. The fraction of sp³-hybridized carbons (Fsp3) is 0.462.